The maximum absolute atomic E-state index is 5.78. The van der Waals surface area contributed by atoms with Crippen LogP contribution in [0.5, 0.6) is 0 Å². The zero-order chi connectivity index (χ0) is 11.0. The van der Waals surface area contributed by atoms with E-state index >= 15 is 0 Å². The summed E-state index contributed by atoms with van der Waals surface area (Å²) in [5.41, 5.74) is 7.80. The van der Waals surface area contributed by atoms with E-state index in [2.05, 4.69) is 15.0 Å². The van der Waals surface area contributed by atoms with E-state index in [4.69, 9.17) is 5.73 Å². The number of hydrogen-bond donors (Lipinski definition) is 2. The second-order valence-corrected chi connectivity index (χ2v) is 4.33. The van der Waals surface area contributed by atoms with Crippen LogP contribution in [-0.4, -0.2) is 21.5 Å². The molecule has 4 heteroatoms. The molecule has 0 atom stereocenters. The van der Waals surface area contributed by atoms with Gasteiger partial charge in [-0.25, -0.2) is 9.97 Å². The molecule has 1 aliphatic carbocycles. The smallest absolute Gasteiger partial charge is 0.136 e. The van der Waals surface area contributed by atoms with Crippen molar-refractivity contribution in [3.8, 4) is 11.4 Å². The maximum atomic E-state index is 5.78. The second-order valence-electron chi connectivity index (χ2n) is 4.33. The molecule has 0 radical (unpaired) electrons. The zero-order valence-electron chi connectivity index (χ0n) is 8.98. The van der Waals surface area contributed by atoms with Gasteiger partial charge in [-0.05, 0) is 31.0 Å². The third-order valence-electron chi connectivity index (χ3n) is 3.25. The van der Waals surface area contributed by atoms with Crippen LogP contribution in [-0.2, 0) is 5.41 Å². The molecule has 2 aromatic rings. The Bertz CT molecular complexity index is 485. The van der Waals surface area contributed by atoms with Gasteiger partial charge in [0.15, 0.2) is 0 Å². The summed E-state index contributed by atoms with van der Waals surface area (Å²) in [6, 6.07) is 5.89. The number of H-pyrrole nitrogens is 1. The van der Waals surface area contributed by atoms with E-state index in [1.165, 1.54) is 0 Å². The second kappa shape index (κ2) is 3.42. The van der Waals surface area contributed by atoms with Crippen LogP contribution in [0.4, 0.5) is 0 Å². The molecule has 0 aromatic carbocycles. The van der Waals surface area contributed by atoms with Crippen LogP contribution >= 0.6 is 0 Å². The number of nitrogens with one attached hydrogen (secondary N) is 1. The van der Waals surface area contributed by atoms with E-state index in [1.807, 2.05) is 30.6 Å². The molecule has 16 heavy (non-hydrogen) atoms. The van der Waals surface area contributed by atoms with Crippen LogP contribution in [0.3, 0.4) is 0 Å². The fourth-order valence-corrected chi connectivity index (χ4v) is 1.92. The van der Waals surface area contributed by atoms with Crippen LogP contribution in [0, 0.1) is 0 Å². The third-order valence-corrected chi connectivity index (χ3v) is 3.25. The molecule has 0 bridgehead atoms. The molecule has 4 nitrogen and oxygen atoms in total. The van der Waals surface area contributed by atoms with Crippen molar-refractivity contribution in [3.63, 3.8) is 0 Å². The summed E-state index contributed by atoms with van der Waals surface area (Å²) in [6.07, 6.45) is 5.93. The van der Waals surface area contributed by atoms with E-state index in [1.54, 1.807) is 0 Å². The van der Waals surface area contributed by atoms with E-state index in [0.29, 0.717) is 6.54 Å². The summed E-state index contributed by atoms with van der Waals surface area (Å²) >= 11 is 0. The van der Waals surface area contributed by atoms with Crippen molar-refractivity contribution in [3.05, 3.63) is 36.4 Å². The summed E-state index contributed by atoms with van der Waals surface area (Å²) in [4.78, 5) is 12.1. The predicted octanol–water partition coefficient (Wildman–Crippen LogP) is 1.46. The number of rotatable bonds is 3. The first-order valence-corrected chi connectivity index (χ1v) is 5.51. The van der Waals surface area contributed by atoms with Crippen LogP contribution in [0.25, 0.3) is 11.4 Å². The molecule has 2 heterocycles. The maximum Gasteiger partial charge on any atom is 0.136 e. The Labute approximate surface area is 93.9 Å². The molecule has 1 aliphatic rings. The summed E-state index contributed by atoms with van der Waals surface area (Å²) in [5, 5.41) is 0. The molecule has 2 aromatic heterocycles. The lowest BCUT2D eigenvalue weighted by Crippen LogP contribution is -2.22. The molecule has 0 aliphatic heterocycles. The lowest BCUT2D eigenvalue weighted by Gasteiger charge is -2.10. The van der Waals surface area contributed by atoms with Crippen molar-refractivity contribution >= 4 is 0 Å². The highest BCUT2D eigenvalue weighted by Gasteiger charge is 2.45. The van der Waals surface area contributed by atoms with E-state index in [-0.39, 0.29) is 5.41 Å². The number of nitrogens with zero attached hydrogens (tertiary/aromatic N) is 2. The van der Waals surface area contributed by atoms with Gasteiger partial charge >= 0.3 is 0 Å². The molecular weight excluding hydrogens is 200 g/mol. The monoisotopic (exact) mass is 214 g/mol. The van der Waals surface area contributed by atoms with Gasteiger partial charge in [0.2, 0.25) is 0 Å². The predicted molar refractivity (Wildman–Crippen MR) is 61.8 cm³/mol. The van der Waals surface area contributed by atoms with Crippen LogP contribution < -0.4 is 5.73 Å². The first-order valence-electron chi connectivity index (χ1n) is 5.51. The average Bonchev–Trinajstić information content (AvgIpc) is 2.95. The molecule has 3 rings (SSSR count). The topological polar surface area (TPSA) is 67.6 Å². The van der Waals surface area contributed by atoms with Crippen LogP contribution in [0.2, 0.25) is 0 Å². The first-order chi connectivity index (χ1) is 7.84. The molecule has 1 saturated carbocycles. The normalized spacial score (nSPS) is 17.3. The Morgan fingerprint density at radius 2 is 2.25 bits per heavy atom. The summed E-state index contributed by atoms with van der Waals surface area (Å²) < 4.78 is 0. The largest absolute Gasteiger partial charge is 0.360 e. The number of aromatic nitrogens is 3. The highest BCUT2D eigenvalue weighted by atomic mass is 14.9. The fourth-order valence-electron chi connectivity index (χ4n) is 1.92. The Morgan fingerprint density at radius 3 is 2.88 bits per heavy atom. The minimum absolute atomic E-state index is 0.0581. The Hall–Kier alpha value is -1.68. The Balaban J connectivity index is 2.01. The van der Waals surface area contributed by atoms with Gasteiger partial charge in [0.05, 0.1) is 11.4 Å². The molecule has 3 N–H and O–H groups in total. The number of aromatic amines is 1. The van der Waals surface area contributed by atoms with Crippen molar-refractivity contribution in [2.24, 2.45) is 5.73 Å². The lowest BCUT2D eigenvalue weighted by atomic mass is 10.1. The minimum Gasteiger partial charge on any atom is -0.360 e. The molecule has 82 valence electrons. The summed E-state index contributed by atoms with van der Waals surface area (Å²) in [5.74, 6) is 0.891. The first kappa shape index (κ1) is 9.54. The molecule has 0 unspecified atom stereocenters. The van der Waals surface area contributed by atoms with Gasteiger partial charge in [-0.1, -0.05) is 0 Å². The van der Waals surface area contributed by atoms with Gasteiger partial charge in [-0.3, -0.25) is 0 Å². The average molecular weight is 214 g/mol. The van der Waals surface area contributed by atoms with Crippen molar-refractivity contribution < 1.29 is 0 Å². The van der Waals surface area contributed by atoms with Crippen molar-refractivity contribution in [1.82, 2.24) is 15.0 Å². The third kappa shape index (κ3) is 1.42. The lowest BCUT2D eigenvalue weighted by molar-refractivity contribution is 0.649. The summed E-state index contributed by atoms with van der Waals surface area (Å²) in [6.45, 7) is 0.640. The molecule has 1 fully saturated rings. The molecular formula is C12H14N4. The fraction of sp³-hybridized carbons (Fsp3) is 0.333. The summed E-state index contributed by atoms with van der Waals surface area (Å²) in [7, 11) is 0. The quantitative estimate of drug-likeness (QED) is 0.812. The highest BCUT2D eigenvalue weighted by Crippen LogP contribution is 2.45. The van der Waals surface area contributed by atoms with E-state index in [0.717, 1.165) is 30.1 Å². The van der Waals surface area contributed by atoms with Crippen molar-refractivity contribution in [2.75, 3.05) is 6.54 Å². The van der Waals surface area contributed by atoms with Crippen molar-refractivity contribution in [1.29, 1.82) is 0 Å². The Morgan fingerprint density at radius 1 is 1.38 bits per heavy atom. The van der Waals surface area contributed by atoms with E-state index < -0.39 is 0 Å². The van der Waals surface area contributed by atoms with Gasteiger partial charge < -0.3 is 10.7 Å². The molecule has 0 amide bonds. The van der Waals surface area contributed by atoms with Gasteiger partial charge in [0.25, 0.3) is 0 Å². The standard InChI is InChI=1S/C12H14N4/c13-8-12(4-5-12)11-15-7-3-10(16-11)9-2-1-6-14-9/h1-3,6-7,14H,4-5,8,13H2. The van der Waals surface area contributed by atoms with Crippen LogP contribution in [0.15, 0.2) is 30.6 Å². The number of nitrogens with two attached hydrogens (primary N) is 1. The SMILES string of the molecule is NCC1(c2nccc(-c3ccc[nH]3)n2)CC1. The van der Waals surface area contributed by atoms with Gasteiger partial charge in [0.1, 0.15) is 5.82 Å². The van der Waals surface area contributed by atoms with Gasteiger partial charge in [-0.15, -0.1) is 0 Å². The van der Waals surface area contributed by atoms with Gasteiger partial charge in [0, 0.05) is 24.4 Å². The zero-order valence-corrected chi connectivity index (χ0v) is 8.98. The Kier molecular flexibility index (Phi) is 2.04. The molecule has 0 saturated heterocycles. The minimum atomic E-state index is 0.0581. The highest BCUT2D eigenvalue weighted by molar-refractivity contribution is 5.53. The van der Waals surface area contributed by atoms with Gasteiger partial charge in [-0.2, -0.15) is 0 Å². The van der Waals surface area contributed by atoms with Crippen LogP contribution in [0.1, 0.15) is 18.7 Å². The molecule has 0 spiro atoms. The van der Waals surface area contributed by atoms with Crippen molar-refractivity contribution in [2.45, 2.75) is 18.3 Å². The number of hydrogen-bond acceptors (Lipinski definition) is 3. The van der Waals surface area contributed by atoms with E-state index in [9.17, 15) is 0 Å².